The van der Waals surface area contributed by atoms with Crippen LogP contribution in [0, 0.1) is 42.4 Å². The summed E-state index contributed by atoms with van der Waals surface area (Å²) in [6, 6.07) is 7.27. The number of allylic oxidation sites excluding steroid dienone is 2. The van der Waals surface area contributed by atoms with Crippen LogP contribution >= 0.6 is 0 Å². The van der Waals surface area contributed by atoms with Crippen LogP contribution < -0.4 is 4.90 Å². The summed E-state index contributed by atoms with van der Waals surface area (Å²) < 4.78 is 6.18. The molecule has 1 saturated carbocycles. The predicted octanol–water partition coefficient (Wildman–Crippen LogP) is 1.62. The van der Waals surface area contributed by atoms with Gasteiger partial charge in [0.2, 0.25) is 23.6 Å². The second-order valence-electron chi connectivity index (χ2n) is 10.0. The minimum Gasteiger partial charge on any atom is -0.360 e. The number of hydrogen-bond acceptors (Lipinski definition) is 5. The van der Waals surface area contributed by atoms with Crippen molar-refractivity contribution >= 4 is 29.3 Å². The molecule has 0 aromatic heterocycles. The van der Waals surface area contributed by atoms with Gasteiger partial charge in [-0.1, -0.05) is 42.0 Å². The highest BCUT2D eigenvalue weighted by atomic mass is 16.5. The summed E-state index contributed by atoms with van der Waals surface area (Å²) in [5.74, 6) is -2.63. The van der Waals surface area contributed by atoms with Crippen molar-refractivity contribution in [1.29, 1.82) is 0 Å². The van der Waals surface area contributed by atoms with Crippen molar-refractivity contribution in [3.8, 4) is 0 Å². The molecule has 7 rings (SSSR count). The highest BCUT2D eigenvalue weighted by molar-refractivity contribution is 6.23. The minimum absolute atomic E-state index is 0.00791. The maximum Gasteiger partial charge on any atom is 0.241 e. The van der Waals surface area contributed by atoms with Crippen molar-refractivity contribution in [1.82, 2.24) is 4.90 Å². The van der Waals surface area contributed by atoms with E-state index >= 15 is 0 Å². The van der Waals surface area contributed by atoms with Crippen LogP contribution in [0.5, 0.6) is 0 Å². The largest absolute Gasteiger partial charge is 0.360 e. The van der Waals surface area contributed by atoms with Crippen molar-refractivity contribution in [3.63, 3.8) is 0 Å². The summed E-state index contributed by atoms with van der Waals surface area (Å²) in [6.45, 7) is 1.94. The number of anilines is 1. The molecule has 1 aromatic carbocycles. The first-order valence-corrected chi connectivity index (χ1v) is 11.2. The monoisotopic (exact) mass is 430 g/mol. The van der Waals surface area contributed by atoms with Crippen LogP contribution in [0.15, 0.2) is 48.6 Å². The Labute approximate surface area is 184 Å². The van der Waals surface area contributed by atoms with Gasteiger partial charge in [0.25, 0.3) is 0 Å². The molecule has 0 unspecified atom stereocenters. The van der Waals surface area contributed by atoms with E-state index in [0.29, 0.717) is 5.69 Å². The summed E-state index contributed by atoms with van der Waals surface area (Å²) in [5, 5.41) is 0. The fourth-order valence-electron chi connectivity index (χ4n) is 7.00. The first-order chi connectivity index (χ1) is 15.4. The zero-order valence-corrected chi connectivity index (χ0v) is 17.5. The van der Waals surface area contributed by atoms with Gasteiger partial charge in [0.1, 0.15) is 5.60 Å². The van der Waals surface area contributed by atoms with Gasteiger partial charge in [0, 0.05) is 0 Å². The van der Waals surface area contributed by atoms with E-state index in [4.69, 9.17) is 4.74 Å². The van der Waals surface area contributed by atoms with Crippen molar-refractivity contribution < 1.29 is 23.9 Å². The van der Waals surface area contributed by atoms with Crippen LogP contribution in [0.1, 0.15) is 12.0 Å². The lowest BCUT2D eigenvalue weighted by Gasteiger charge is -2.32. The van der Waals surface area contributed by atoms with Crippen LogP contribution in [0.25, 0.3) is 0 Å². The normalized spacial score (nSPS) is 42.7. The molecule has 7 nitrogen and oxygen atoms in total. The van der Waals surface area contributed by atoms with Crippen LogP contribution in [0.2, 0.25) is 0 Å². The highest BCUT2D eigenvalue weighted by Gasteiger charge is 2.70. The number of likely N-dealkylation sites (tertiary alicyclic amines) is 1. The number of carbonyl (C=O) groups is 4. The molecule has 0 radical (unpaired) electrons. The van der Waals surface area contributed by atoms with E-state index in [1.54, 1.807) is 18.2 Å². The number of nitrogens with zero attached hydrogens (tertiary/aromatic N) is 2. The zero-order valence-electron chi connectivity index (χ0n) is 17.5. The van der Waals surface area contributed by atoms with E-state index in [-0.39, 0.29) is 53.8 Å². The summed E-state index contributed by atoms with van der Waals surface area (Å²) in [6.07, 6.45) is 8.08. The van der Waals surface area contributed by atoms with Crippen LogP contribution in [0.4, 0.5) is 5.69 Å². The Balaban J connectivity index is 1.22. The highest BCUT2D eigenvalue weighted by Crippen LogP contribution is 2.56. The summed E-state index contributed by atoms with van der Waals surface area (Å²) in [7, 11) is 0. The molecular weight excluding hydrogens is 408 g/mol. The molecule has 0 N–H and O–H groups in total. The molecular formula is C25H22N2O5. The quantitative estimate of drug-likeness (QED) is 0.538. The van der Waals surface area contributed by atoms with E-state index in [2.05, 4.69) is 12.2 Å². The number of carbonyl (C=O) groups excluding carboxylic acids is 4. The maximum atomic E-state index is 13.5. The Bertz CT molecular complexity index is 1140. The number of benzene rings is 1. The van der Waals surface area contributed by atoms with Gasteiger partial charge in [0.15, 0.2) is 0 Å². The van der Waals surface area contributed by atoms with Gasteiger partial charge < -0.3 is 4.74 Å². The molecule has 0 spiro atoms. The Morgan fingerprint density at radius 3 is 2.19 bits per heavy atom. The molecule has 32 heavy (non-hydrogen) atoms. The van der Waals surface area contributed by atoms with E-state index in [1.165, 1.54) is 9.80 Å². The number of ether oxygens (including phenoxy) is 1. The Morgan fingerprint density at radius 1 is 0.875 bits per heavy atom. The number of hydrogen-bond donors (Lipinski definition) is 0. The Kier molecular flexibility index (Phi) is 3.38. The Hall–Kier alpha value is -3.06. The average Bonchev–Trinajstić information content (AvgIpc) is 3.60. The molecule has 4 heterocycles. The lowest BCUT2D eigenvalue weighted by molar-refractivity contribution is -0.146. The van der Waals surface area contributed by atoms with Crippen molar-refractivity contribution in [2.45, 2.75) is 25.0 Å². The van der Waals surface area contributed by atoms with Gasteiger partial charge in [-0.05, 0) is 37.3 Å². The van der Waals surface area contributed by atoms with E-state index in [0.717, 1.165) is 12.0 Å². The zero-order chi connectivity index (χ0) is 21.9. The molecule has 3 saturated heterocycles. The molecule has 8 atom stereocenters. The minimum atomic E-state index is -1.14. The third-order valence-electron chi connectivity index (χ3n) is 8.41. The lowest BCUT2D eigenvalue weighted by Crippen LogP contribution is -2.51. The van der Waals surface area contributed by atoms with Gasteiger partial charge in [-0.2, -0.15) is 0 Å². The topological polar surface area (TPSA) is 84.0 Å². The Morgan fingerprint density at radius 2 is 1.53 bits per heavy atom. The molecule has 4 fully saturated rings. The molecule has 162 valence electrons. The first-order valence-electron chi connectivity index (χ1n) is 11.2. The number of rotatable bonds is 3. The van der Waals surface area contributed by atoms with Crippen molar-refractivity contribution in [2.24, 2.45) is 35.5 Å². The van der Waals surface area contributed by atoms with E-state index in [9.17, 15) is 19.2 Å². The smallest absolute Gasteiger partial charge is 0.241 e. The molecule has 2 aliphatic carbocycles. The van der Waals surface area contributed by atoms with Crippen molar-refractivity contribution in [2.75, 3.05) is 11.4 Å². The molecule has 1 aromatic rings. The van der Waals surface area contributed by atoms with Gasteiger partial charge in [-0.25, -0.2) is 4.90 Å². The van der Waals surface area contributed by atoms with Crippen molar-refractivity contribution in [3.05, 3.63) is 54.1 Å². The maximum absolute atomic E-state index is 13.5. The predicted molar refractivity (Wildman–Crippen MR) is 112 cm³/mol. The molecule has 4 aliphatic heterocycles. The molecule has 7 heteroatoms. The fourth-order valence-corrected chi connectivity index (χ4v) is 7.00. The number of imide groups is 2. The molecule has 4 amide bonds. The third kappa shape index (κ3) is 2.05. The second kappa shape index (κ2) is 5.84. The third-order valence-corrected chi connectivity index (χ3v) is 8.41. The fraction of sp³-hybridized carbons (Fsp3) is 0.440. The van der Waals surface area contributed by atoms with Gasteiger partial charge in [-0.3, -0.25) is 24.1 Å². The van der Waals surface area contributed by atoms with Crippen LogP contribution in [-0.4, -0.2) is 46.8 Å². The van der Waals surface area contributed by atoms with E-state index < -0.39 is 23.5 Å². The van der Waals surface area contributed by atoms with Gasteiger partial charge >= 0.3 is 0 Å². The van der Waals surface area contributed by atoms with Gasteiger partial charge in [0.05, 0.1) is 42.0 Å². The second-order valence-corrected chi connectivity index (χ2v) is 10.0. The SMILES string of the molecule is Cc1ccc(N2C(=O)[C@H]3[C@@H](C2=O)[C@@]2(CN4C(=O)[C@@H]5[C@H](C4=O)[C@H]4C=C[C@H]5C4)C=C[C@H]3O2)cc1. The molecule has 6 aliphatic rings. The average molecular weight is 430 g/mol. The summed E-state index contributed by atoms with van der Waals surface area (Å²) in [5.41, 5.74) is 0.438. The number of fused-ring (bicyclic) bond motifs is 10. The number of aryl methyl sites for hydroxylation is 1. The lowest BCUT2D eigenvalue weighted by atomic mass is 9.76. The van der Waals surface area contributed by atoms with Crippen LogP contribution in [-0.2, 0) is 23.9 Å². The number of amides is 4. The molecule has 4 bridgehead atoms. The van der Waals surface area contributed by atoms with Crippen LogP contribution in [0.3, 0.4) is 0 Å². The van der Waals surface area contributed by atoms with E-state index in [1.807, 2.05) is 25.1 Å². The standard InChI is InChI=1S/C25H22N2O5/c1-12-2-6-15(7-3-12)27-23(30)19-16-8-9-25(32-16,20(19)24(27)31)11-26-21(28)17-13-4-5-14(10-13)18(17)22(26)29/h2-9,13-14,16-20H,10-11H2,1H3/t13-,14-,16+,17-,18+,19+,20-,25-/m0/s1. The first kappa shape index (κ1) is 18.5. The van der Waals surface area contributed by atoms with Gasteiger partial charge in [-0.15, -0.1) is 0 Å². The summed E-state index contributed by atoms with van der Waals surface area (Å²) >= 11 is 0. The summed E-state index contributed by atoms with van der Waals surface area (Å²) in [4.78, 5) is 55.8.